The van der Waals surface area contributed by atoms with Crippen molar-refractivity contribution in [2.75, 3.05) is 44.4 Å². The Morgan fingerprint density at radius 3 is 2.29 bits per heavy atom. The number of nitrogens with one attached hydrogen (secondary N) is 1. The van der Waals surface area contributed by atoms with Gasteiger partial charge in [0.25, 0.3) is 0 Å². The normalized spacial score (nSPS) is 24.3. The lowest BCUT2D eigenvalue weighted by molar-refractivity contribution is -0.154. The van der Waals surface area contributed by atoms with E-state index in [1.165, 1.54) is 4.90 Å². The fourth-order valence-corrected chi connectivity index (χ4v) is 3.70. The van der Waals surface area contributed by atoms with Gasteiger partial charge >= 0.3 is 12.0 Å². The molecule has 0 aromatic heterocycles. The molecule has 0 saturated carbocycles. The number of hydrogen-bond acceptors (Lipinski definition) is 5. The largest absolute Gasteiger partial charge is 0.481 e. The maximum Gasteiger partial charge on any atom is 0.317 e. The van der Waals surface area contributed by atoms with Crippen LogP contribution in [0.25, 0.3) is 0 Å². The molecule has 0 atom stereocenters. The third-order valence-electron chi connectivity index (χ3n) is 4.11. The van der Waals surface area contributed by atoms with Crippen molar-refractivity contribution in [3.05, 3.63) is 0 Å². The Hall–Kier alpha value is -1.35. The number of nitrogens with zero attached hydrogens (tertiary/aromatic N) is 1. The zero-order valence-electron chi connectivity index (χ0n) is 11.7. The molecule has 8 nitrogen and oxygen atoms in total. The van der Waals surface area contributed by atoms with Gasteiger partial charge in [0.05, 0.1) is 16.9 Å². The number of carboxylic acid groups (broad SMARTS) is 1. The van der Waals surface area contributed by atoms with Gasteiger partial charge in [-0.3, -0.25) is 4.79 Å². The fraction of sp³-hybridized carbons (Fsp3) is 0.833. The zero-order chi connectivity index (χ0) is 15.5. The molecule has 2 heterocycles. The van der Waals surface area contributed by atoms with Crippen molar-refractivity contribution in [1.29, 1.82) is 0 Å². The maximum atomic E-state index is 12.0. The molecule has 2 N–H and O–H groups in total. The van der Waals surface area contributed by atoms with Crippen LogP contribution in [0.2, 0.25) is 0 Å². The van der Waals surface area contributed by atoms with Crippen molar-refractivity contribution in [3.8, 4) is 0 Å². The molecule has 120 valence electrons. The van der Waals surface area contributed by atoms with E-state index in [4.69, 9.17) is 4.74 Å². The van der Waals surface area contributed by atoms with Crippen molar-refractivity contribution in [3.63, 3.8) is 0 Å². The minimum atomic E-state index is -3.04. The Kier molecular flexibility index (Phi) is 4.72. The zero-order valence-corrected chi connectivity index (χ0v) is 12.5. The second-order valence-electron chi connectivity index (χ2n) is 5.50. The monoisotopic (exact) mass is 320 g/mol. The van der Waals surface area contributed by atoms with E-state index in [0.717, 1.165) is 0 Å². The highest BCUT2D eigenvalue weighted by Gasteiger charge is 2.40. The number of amides is 2. The number of hydrogen-bond donors (Lipinski definition) is 2. The minimum Gasteiger partial charge on any atom is -0.481 e. The van der Waals surface area contributed by atoms with Gasteiger partial charge in [-0.15, -0.1) is 0 Å². The molecular formula is C12H20N2O6S. The van der Waals surface area contributed by atoms with E-state index < -0.39 is 27.3 Å². The van der Waals surface area contributed by atoms with Crippen LogP contribution in [0.5, 0.6) is 0 Å². The molecule has 0 radical (unpaired) electrons. The highest BCUT2D eigenvalue weighted by molar-refractivity contribution is 7.91. The summed E-state index contributed by atoms with van der Waals surface area (Å²) >= 11 is 0. The molecule has 2 aliphatic rings. The van der Waals surface area contributed by atoms with Gasteiger partial charge in [-0.2, -0.15) is 0 Å². The molecular weight excluding hydrogens is 300 g/mol. The molecule has 0 aromatic rings. The van der Waals surface area contributed by atoms with Gasteiger partial charge in [-0.1, -0.05) is 0 Å². The summed E-state index contributed by atoms with van der Waals surface area (Å²) in [6.07, 6.45) is 0.716. The maximum absolute atomic E-state index is 12.0. The summed E-state index contributed by atoms with van der Waals surface area (Å²) < 4.78 is 27.8. The number of sulfone groups is 1. The third-order valence-corrected chi connectivity index (χ3v) is 5.72. The van der Waals surface area contributed by atoms with Crippen LogP contribution in [0.4, 0.5) is 4.79 Å². The average Bonchev–Trinajstić information content (AvgIpc) is 2.45. The first-order chi connectivity index (χ1) is 9.85. The molecule has 2 fully saturated rings. The molecule has 9 heteroatoms. The Morgan fingerprint density at radius 1 is 1.19 bits per heavy atom. The molecule has 0 bridgehead atoms. The van der Waals surface area contributed by atoms with Gasteiger partial charge < -0.3 is 20.1 Å². The number of ether oxygens (including phenoxy) is 1. The molecule has 21 heavy (non-hydrogen) atoms. The fourth-order valence-electron chi connectivity index (χ4n) is 2.50. The van der Waals surface area contributed by atoms with Crippen LogP contribution in [0.1, 0.15) is 12.8 Å². The lowest BCUT2D eigenvalue weighted by Crippen LogP contribution is -2.52. The Balaban J connectivity index is 1.89. The smallest absolute Gasteiger partial charge is 0.317 e. The Labute approximate surface area is 123 Å². The van der Waals surface area contributed by atoms with Gasteiger partial charge in [0.1, 0.15) is 0 Å². The summed E-state index contributed by atoms with van der Waals surface area (Å²) in [5, 5.41) is 12.0. The summed E-state index contributed by atoms with van der Waals surface area (Å²) in [6.45, 7) is 1.07. The SMILES string of the molecule is O=C(NCC1(C(=O)O)CCOCC1)N1CCS(=O)(=O)CC1. The van der Waals surface area contributed by atoms with E-state index >= 15 is 0 Å². The molecule has 2 saturated heterocycles. The number of carbonyl (C=O) groups is 2. The summed E-state index contributed by atoms with van der Waals surface area (Å²) in [6, 6.07) is -0.406. The van der Waals surface area contributed by atoms with Crippen LogP contribution >= 0.6 is 0 Å². The summed E-state index contributed by atoms with van der Waals surface area (Å²) in [7, 11) is -3.04. The van der Waals surface area contributed by atoms with E-state index in [-0.39, 0.29) is 31.1 Å². The molecule has 0 aliphatic carbocycles. The van der Waals surface area contributed by atoms with Gasteiger partial charge in [0, 0.05) is 32.8 Å². The van der Waals surface area contributed by atoms with Crippen LogP contribution in [0, 0.1) is 5.41 Å². The molecule has 2 rings (SSSR count). The lowest BCUT2D eigenvalue weighted by Gasteiger charge is -2.34. The predicted octanol–water partition coefficient (Wildman–Crippen LogP) is -0.692. The average molecular weight is 320 g/mol. The number of carbonyl (C=O) groups excluding carboxylic acids is 1. The lowest BCUT2D eigenvalue weighted by atomic mass is 9.80. The van der Waals surface area contributed by atoms with Crippen molar-refractivity contribution in [2.24, 2.45) is 5.41 Å². The summed E-state index contributed by atoms with van der Waals surface area (Å²) in [5.41, 5.74) is -0.990. The van der Waals surface area contributed by atoms with Crippen LogP contribution in [0.3, 0.4) is 0 Å². The van der Waals surface area contributed by atoms with Crippen LogP contribution in [-0.2, 0) is 19.4 Å². The van der Waals surface area contributed by atoms with E-state index in [0.29, 0.717) is 26.1 Å². The topological polar surface area (TPSA) is 113 Å². The summed E-state index contributed by atoms with van der Waals surface area (Å²) in [5.74, 6) is -1.02. The number of carboxylic acids is 1. The standard InChI is InChI=1S/C12H20N2O6S/c15-10(16)12(1-5-20-6-2-12)9-13-11(17)14-3-7-21(18,19)8-4-14/h1-9H2,(H,13,17)(H,15,16). The number of aliphatic carboxylic acids is 1. The third kappa shape index (κ3) is 3.85. The van der Waals surface area contributed by atoms with Crippen LogP contribution in [-0.4, -0.2) is 74.8 Å². The molecule has 0 unspecified atom stereocenters. The Morgan fingerprint density at radius 2 is 1.76 bits per heavy atom. The van der Waals surface area contributed by atoms with Crippen molar-refractivity contribution in [2.45, 2.75) is 12.8 Å². The van der Waals surface area contributed by atoms with Gasteiger partial charge in [-0.25, -0.2) is 13.2 Å². The van der Waals surface area contributed by atoms with Crippen LogP contribution < -0.4 is 5.32 Å². The Bertz CT molecular complexity index is 498. The second-order valence-corrected chi connectivity index (χ2v) is 7.80. The van der Waals surface area contributed by atoms with E-state index in [1.54, 1.807) is 0 Å². The highest BCUT2D eigenvalue weighted by Crippen LogP contribution is 2.30. The molecule has 0 aromatic carbocycles. The first-order valence-electron chi connectivity index (χ1n) is 6.89. The van der Waals surface area contributed by atoms with Crippen LogP contribution in [0.15, 0.2) is 0 Å². The van der Waals surface area contributed by atoms with Gasteiger partial charge in [0.2, 0.25) is 0 Å². The number of rotatable bonds is 3. The van der Waals surface area contributed by atoms with E-state index in [9.17, 15) is 23.1 Å². The van der Waals surface area contributed by atoms with Gasteiger partial charge in [0.15, 0.2) is 9.84 Å². The van der Waals surface area contributed by atoms with E-state index in [2.05, 4.69) is 5.32 Å². The highest BCUT2D eigenvalue weighted by atomic mass is 32.2. The predicted molar refractivity (Wildman–Crippen MR) is 73.7 cm³/mol. The van der Waals surface area contributed by atoms with E-state index in [1.807, 2.05) is 0 Å². The summed E-state index contributed by atoms with van der Waals surface area (Å²) in [4.78, 5) is 24.9. The molecule has 2 amide bonds. The first kappa shape index (κ1) is 16.0. The first-order valence-corrected chi connectivity index (χ1v) is 8.71. The van der Waals surface area contributed by atoms with Crippen molar-refractivity contribution >= 4 is 21.8 Å². The second kappa shape index (κ2) is 6.18. The quantitative estimate of drug-likeness (QED) is 0.711. The molecule has 2 aliphatic heterocycles. The van der Waals surface area contributed by atoms with Gasteiger partial charge in [-0.05, 0) is 12.8 Å². The van der Waals surface area contributed by atoms with Crippen molar-refractivity contribution < 1.29 is 27.9 Å². The molecule has 0 spiro atoms. The van der Waals surface area contributed by atoms with Crippen molar-refractivity contribution in [1.82, 2.24) is 10.2 Å². The number of urea groups is 1. The minimum absolute atomic E-state index is 0.0355.